The molecule has 4 nitrogen and oxygen atoms in total. The summed E-state index contributed by atoms with van der Waals surface area (Å²) in [5.74, 6) is 3.76. The smallest absolute Gasteiger partial charge is 0.127 e. The van der Waals surface area contributed by atoms with Gasteiger partial charge in [0.2, 0.25) is 0 Å². The molecule has 1 aromatic heterocycles. The maximum atomic E-state index is 4.56. The van der Waals surface area contributed by atoms with Crippen molar-refractivity contribution in [2.45, 2.75) is 33.1 Å². The van der Waals surface area contributed by atoms with Gasteiger partial charge < -0.3 is 15.1 Å². The summed E-state index contributed by atoms with van der Waals surface area (Å²) in [6, 6.07) is 4.39. The Balaban J connectivity index is 1.36. The monoisotopic (exact) mass is 328 g/mol. The lowest BCUT2D eigenvalue weighted by Gasteiger charge is -2.60. The third-order valence-corrected chi connectivity index (χ3v) is 7.16. The van der Waals surface area contributed by atoms with Crippen LogP contribution >= 0.6 is 0 Å². The average Bonchev–Trinajstić information content (AvgIpc) is 2.61. The molecule has 3 atom stereocenters. The molecular weight excluding hydrogens is 296 g/mol. The lowest BCUT2D eigenvalue weighted by molar-refractivity contribution is -0.100. The number of piperazine rings is 1. The summed E-state index contributed by atoms with van der Waals surface area (Å²) in [7, 11) is 2.20. The molecule has 2 bridgehead atoms. The minimum Gasteiger partial charge on any atom is -0.370 e. The molecule has 1 aliphatic heterocycles. The van der Waals surface area contributed by atoms with Gasteiger partial charge in [-0.05, 0) is 55.5 Å². The molecule has 3 aliphatic carbocycles. The fourth-order valence-corrected chi connectivity index (χ4v) is 5.22. The van der Waals surface area contributed by atoms with Gasteiger partial charge in [0.05, 0.1) is 0 Å². The van der Waals surface area contributed by atoms with Crippen molar-refractivity contribution < 1.29 is 0 Å². The summed E-state index contributed by atoms with van der Waals surface area (Å²) in [6.07, 6.45) is 6.23. The largest absolute Gasteiger partial charge is 0.370 e. The Kier molecular flexibility index (Phi) is 4.19. The van der Waals surface area contributed by atoms with Gasteiger partial charge in [0.15, 0.2) is 0 Å². The van der Waals surface area contributed by atoms with Gasteiger partial charge in [-0.1, -0.05) is 13.8 Å². The van der Waals surface area contributed by atoms with Crippen molar-refractivity contribution in [3.05, 3.63) is 18.3 Å². The van der Waals surface area contributed by atoms with Crippen molar-refractivity contribution in [3.63, 3.8) is 0 Å². The third-order valence-electron chi connectivity index (χ3n) is 7.16. The fourth-order valence-electron chi connectivity index (χ4n) is 5.22. The standard InChI is InChI=1S/C20H32N4/c1-20(2)16-5-4-15(18(20)12-16)14-22-19-13-17(6-7-21-19)24-10-8-23(3)9-11-24/h6-7,13,15-16,18H,4-5,8-12,14H2,1-3H3,(H,21,22)/t15-,16+,18-/m1/s1. The molecule has 1 N–H and O–H groups in total. The summed E-state index contributed by atoms with van der Waals surface area (Å²) in [5.41, 5.74) is 1.88. The maximum absolute atomic E-state index is 4.56. The highest BCUT2D eigenvalue weighted by atomic mass is 15.2. The molecule has 132 valence electrons. The van der Waals surface area contributed by atoms with E-state index < -0.39 is 0 Å². The Morgan fingerprint density at radius 1 is 1.21 bits per heavy atom. The quantitative estimate of drug-likeness (QED) is 0.919. The Morgan fingerprint density at radius 2 is 2.00 bits per heavy atom. The molecule has 4 fully saturated rings. The number of rotatable bonds is 4. The summed E-state index contributed by atoms with van der Waals surface area (Å²) >= 11 is 0. The first-order valence-corrected chi connectivity index (χ1v) is 9.67. The Bertz CT molecular complexity index is 575. The molecule has 24 heavy (non-hydrogen) atoms. The normalized spacial score (nSPS) is 32.3. The molecule has 4 heteroatoms. The second-order valence-corrected chi connectivity index (χ2v) is 8.77. The van der Waals surface area contributed by atoms with Crippen LogP contribution in [0.4, 0.5) is 11.5 Å². The summed E-state index contributed by atoms with van der Waals surface area (Å²) in [6.45, 7) is 10.5. The summed E-state index contributed by atoms with van der Waals surface area (Å²) in [5, 5.41) is 3.65. The maximum Gasteiger partial charge on any atom is 0.127 e. The van der Waals surface area contributed by atoms with Gasteiger partial charge in [-0.2, -0.15) is 0 Å². The van der Waals surface area contributed by atoms with Gasteiger partial charge in [-0.25, -0.2) is 4.98 Å². The molecule has 5 rings (SSSR count). The van der Waals surface area contributed by atoms with Gasteiger partial charge in [0.1, 0.15) is 5.82 Å². The molecule has 0 aromatic carbocycles. The van der Waals surface area contributed by atoms with Crippen LogP contribution in [0.2, 0.25) is 0 Å². The van der Waals surface area contributed by atoms with Crippen LogP contribution in [0, 0.1) is 23.2 Å². The molecule has 0 radical (unpaired) electrons. The third kappa shape index (κ3) is 2.90. The van der Waals surface area contributed by atoms with E-state index in [1.54, 1.807) is 0 Å². The van der Waals surface area contributed by atoms with Crippen molar-refractivity contribution in [2.75, 3.05) is 50.0 Å². The number of pyridine rings is 1. The number of aromatic nitrogens is 1. The van der Waals surface area contributed by atoms with E-state index in [-0.39, 0.29) is 0 Å². The van der Waals surface area contributed by atoms with Crippen LogP contribution in [0.1, 0.15) is 33.1 Å². The summed E-state index contributed by atoms with van der Waals surface area (Å²) in [4.78, 5) is 9.44. The van der Waals surface area contributed by atoms with E-state index in [1.807, 2.05) is 6.20 Å². The second kappa shape index (κ2) is 6.21. The molecule has 1 aromatic rings. The highest BCUT2D eigenvalue weighted by Crippen LogP contribution is 2.61. The minimum atomic E-state index is 0.569. The molecule has 0 amide bonds. The van der Waals surface area contributed by atoms with Crippen molar-refractivity contribution in [1.82, 2.24) is 9.88 Å². The van der Waals surface area contributed by atoms with E-state index in [9.17, 15) is 0 Å². The number of likely N-dealkylation sites (N-methyl/N-ethyl adjacent to an activating group) is 1. The topological polar surface area (TPSA) is 31.4 Å². The van der Waals surface area contributed by atoms with Crippen molar-refractivity contribution in [1.29, 1.82) is 0 Å². The minimum absolute atomic E-state index is 0.569. The molecular formula is C20H32N4. The zero-order chi connectivity index (χ0) is 16.7. The van der Waals surface area contributed by atoms with Crippen LogP contribution in [-0.2, 0) is 0 Å². The number of anilines is 2. The number of nitrogens with zero attached hydrogens (tertiary/aromatic N) is 3. The number of hydrogen-bond donors (Lipinski definition) is 1. The van der Waals surface area contributed by atoms with Crippen molar-refractivity contribution in [2.24, 2.45) is 23.2 Å². The predicted octanol–water partition coefficient (Wildman–Crippen LogP) is 3.32. The second-order valence-electron chi connectivity index (χ2n) is 8.77. The first kappa shape index (κ1) is 16.2. The average molecular weight is 329 g/mol. The zero-order valence-electron chi connectivity index (χ0n) is 15.5. The zero-order valence-corrected chi connectivity index (χ0v) is 15.5. The van der Waals surface area contributed by atoms with E-state index in [2.05, 4.69) is 53.1 Å². The molecule has 0 spiro atoms. The van der Waals surface area contributed by atoms with Gasteiger partial charge in [-0.3, -0.25) is 0 Å². The highest BCUT2D eigenvalue weighted by molar-refractivity contribution is 5.54. The van der Waals surface area contributed by atoms with Crippen LogP contribution in [-0.4, -0.2) is 49.7 Å². The molecule has 1 saturated heterocycles. The van der Waals surface area contributed by atoms with E-state index in [4.69, 9.17) is 0 Å². The van der Waals surface area contributed by atoms with Crippen molar-refractivity contribution >= 4 is 11.5 Å². The van der Waals surface area contributed by atoms with Crippen LogP contribution in [0.3, 0.4) is 0 Å². The van der Waals surface area contributed by atoms with Gasteiger partial charge in [-0.15, -0.1) is 0 Å². The lowest BCUT2D eigenvalue weighted by Crippen LogP contribution is -2.53. The van der Waals surface area contributed by atoms with Crippen LogP contribution in [0.15, 0.2) is 18.3 Å². The number of nitrogens with one attached hydrogen (secondary N) is 1. The summed E-state index contributed by atoms with van der Waals surface area (Å²) < 4.78 is 0. The van der Waals surface area contributed by atoms with Gasteiger partial charge in [0, 0.05) is 50.7 Å². The van der Waals surface area contributed by atoms with Crippen LogP contribution in [0.25, 0.3) is 0 Å². The first-order valence-electron chi connectivity index (χ1n) is 9.67. The molecule has 3 saturated carbocycles. The Hall–Kier alpha value is -1.29. The van der Waals surface area contributed by atoms with Crippen LogP contribution < -0.4 is 10.2 Å². The fraction of sp³-hybridized carbons (Fsp3) is 0.750. The van der Waals surface area contributed by atoms with E-state index >= 15 is 0 Å². The van der Waals surface area contributed by atoms with Crippen molar-refractivity contribution in [3.8, 4) is 0 Å². The lowest BCUT2D eigenvalue weighted by atomic mass is 9.45. The Morgan fingerprint density at radius 3 is 2.71 bits per heavy atom. The predicted molar refractivity (Wildman–Crippen MR) is 101 cm³/mol. The SMILES string of the molecule is CN1CCN(c2ccnc(NC[C@H]3CC[C@H]4C[C@H]3C4(C)C)c2)CC1. The van der Waals surface area contributed by atoms with E-state index in [0.717, 1.165) is 56.3 Å². The number of fused-ring (bicyclic) bond motifs is 2. The van der Waals surface area contributed by atoms with Gasteiger partial charge >= 0.3 is 0 Å². The van der Waals surface area contributed by atoms with Crippen LogP contribution in [0.5, 0.6) is 0 Å². The van der Waals surface area contributed by atoms with E-state index in [0.29, 0.717) is 5.41 Å². The highest BCUT2D eigenvalue weighted by Gasteiger charge is 2.53. The van der Waals surface area contributed by atoms with Gasteiger partial charge in [0.25, 0.3) is 0 Å². The molecule has 2 heterocycles. The Labute approximate surface area is 146 Å². The number of hydrogen-bond acceptors (Lipinski definition) is 4. The van der Waals surface area contributed by atoms with E-state index in [1.165, 1.54) is 24.9 Å². The molecule has 0 unspecified atom stereocenters. The molecule has 4 aliphatic rings. The first-order chi connectivity index (χ1) is 11.5.